The van der Waals surface area contributed by atoms with Crippen molar-refractivity contribution in [2.45, 2.75) is 31.9 Å². The van der Waals surface area contributed by atoms with Gasteiger partial charge in [0.05, 0.1) is 6.54 Å². The average Bonchev–Trinajstić information content (AvgIpc) is 3.13. The van der Waals surface area contributed by atoms with Gasteiger partial charge in [0, 0.05) is 12.1 Å². The van der Waals surface area contributed by atoms with Gasteiger partial charge in [-0.1, -0.05) is 0 Å². The minimum Gasteiger partial charge on any atom is -0.491 e. The van der Waals surface area contributed by atoms with E-state index in [0.29, 0.717) is 24.3 Å². The van der Waals surface area contributed by atoms with Crippen molar-refractivity contribution in [3.63, 3.8) is 0 Å². The number of hydrogen-bond donors (Lipinski definition) is 1. The number of carbonyl (C=O) groups excluding carboxylic acids is 3. The van der Waals surface area contributed by atoms with Crippen molar-refractivity contribution in [2.75, 3.05) is 19.7 Å². The molecule has 2 fully saturated rings. The zero-order valence-corrected chi connectivity index (χ0v) is 13.5. The topological polar surface area (TPSA) is 87.2 Å². The highest BCUT2D eigenvalue weighted by molar-refractivity contribution is 6.04. The monoisotopic (exact) mass is 332 g/mol. The van der Waals surface area contributed by atoms with Gasteiger partial charge in [0.25, 0.3) is 5.91 Å². The summed E-state index contributed by atoms with van der Waals surface area (Å²) in [4.78, 5) is 38.2. The van der Waals surface area contributed by atoms with Crippen LogP contribution in [0.1, 0.15) is 30.1 Å². The molecule has 3 rings (SSSR count). The summed E-state index contributed by atoms with van der Waals surface area (Å²) in [6, 6.07) is 5.90. The molecule has 7 heteroatoms. The highest BCUT2D eigenvalue weighted by Gasteiger charge is 2.47. The van der Waals surface area contributed by atoms with E-state index in [1.54, 1.807) is 29.2 Å². The van der Waals surface area contributed by atoms with E-state index in [1.165, 1.54) is 6.92 Å². The lowest BCUT2D eigenvalue weighted by atomic mass is 10.1. The van der Waals surface area contributed by atoms with Crippen LogP contribution in [0.4, 0.5) is 4.79 Å². The molecule has 7 nitrogen and oxygen atoms in total. The average molecular weight is 332 g/mol. The lowest BCUT2D eigenvalue weighted by Gasteiger charge is -2.19. The zero-order valence-electron chi connectivity index (χ0n) is 13.5. The van der Waals surface area contributed by atoms with Gasteiger partial charge >= 0.3 is 6.03 Å². The van der Waals surface area contributed by atoms with Gasteiger partial charge < -0.3 is 14.7 Å². The van der Waals surface area contributed by atoms with Gasteiger partial charge in [0.2, 0.25) is 0 Å². The summed E-state index contributed by atoms with van der Waals surface area (Å²) in [6.45, 7) is 1.97. The van der Waals surface area contributed by atoms with Gasteiger partial charge in [-0.05, 0) is 44.0 Å². The summed E-state index contributed by atoms with van der Waals surface area (Å²) in [5.74, 6) is 0.245. The number of aliphatic hydroxyl groups is 1. The fourth-order valence-corrected chi connectivity index (χ4v) is 3.09. The number of carbonyl (C=O) groups is 3. The summed E-state index contributed by atoms with van der Waals surface area (Å²) in [5, 5.41) is 10.1. The number of rotatable bonds is 6. The minimum absolute atomic E-state index is 0.0341. The molecule has 2 atom stereocenters. The lowest BCUT2D eigenvalue weighted by molar-refractivity contribution is -0.129. The van der Waals surface area contributed by atoms with Gasteiger partial charge in [0.15, 0.2) is 5.78 Å². The predicted molar refractivity (Wildman–Crippen MR) is 84.8 cm³/mol. The molecule has 24 heavy (non-hydrogen) atoms. The van der Waals surface area contributed by atoms with Crippen molar-refractivity contribution in [1.29, 1.82) is 0 Å². The van der Waals surface area contributed by atoms with Crippen molar-refractivity contribution in [2.24, 2.45) is 0 Å². The maximum absolute atomic E-state index is 12.2. The molecule has 1 aromatic rings. The van der Waals surface area contributed by atoms with Gasteiger partial charge in [-0.2, -0.15) is 0 Å². The molecule has 2 aliphatic heterocycles. The van der Waals surface area contributed by atoms with Crippen molar-refractivity contribution in [1.82, 2.24) is 9.80 Å². The molecule has 0 radical (unpaired) electrons. The maximum Gasteiger partial charge on any atom is 0.327 e. The Bertz CT molecular complexity index is 635. The molecule has 0 aliphatic carbocycles. The molecule has 0 unspecified atom stereocenters. The number of nitrogens with zero attached hydrogens (tertiary/aromatic N) is 2. The van der Waals surface area contributed by atoms with Crippen molar-refractivity contribution in [3.8, 4) is 5.75 Å². The summed E-state index contributed by atoms with van der Waals surface area (Å²) in [7, 11) is 0. The molecule has 0 aromatic heterocycles. The van der Waals surface area contributed by atoms with E-state index < -0.39 is 6.10 Å². The van der Waals surface area contributed by atoms with Crippen LogP contribution in [0.3, 0.4) is 0 Å². The molecule has 1 N–H and O–H groups in total. The van der Waals surface area contributed by atoms with Crippen LogP contribution in [0.15, 0.2) is 24.3 Å². The van der Waals surface area contributed by atoms with Crippen LogP contribution in [-0.4, -0.2) is 64.5 Å². The van der Waals surface area contributed by atoms with E-state index in [0.717, 1.165) is 11.3 Å². The van der Waals surface area contributed by atoms with E-state index >= 15 is 0 Å². The Labute approximate surface area is 139 Å². The summed E-state index contributed by atoms with van der Waals surface area (Å²) in [6.07, 6.45) is 0.569. The number of imide groups is 1. The highest BCUT2D eigenvalue weighted by Crippen LogP contribution is 2.27. The lowest BCUT2D eigenvalue weighted by Crippen LogP contribution is -2.41. The largest absolute Gasteiger partial charge is 0.491 e. The Balaban J connectivity index is 1.52. The van der Waals surface area contributed by atoms with E-state index in [-0.39, 0.29) is 36.9 Å². The number of urea groups is 1. The summed E-state index contributed by atoms with van der Waals surface area (Å²) >= 11 is 0. The van der Waals surface area contributed by atoms with Gasteiger partial charge in [-0.15, -0.1) is 0 Å². The van der Waals surface area contributed by atoms with E-state index in [1.807, 2.05) is 0 Å². The van der Waals surface area contributed by atoms with E-state index in [2.05, 4.69) is 0 Å². The Morgan fingerprint density at radius 1 is 1.33 bits per heavy atom. The highest BCUT2D eigenvalue weighted by atomic mass is 16.5. The first-order chi connectivity index (χ1) is 11.5. The Kier molecular flexibility index (Phi) is 4.53. The number of hydrogen-bond acceptors (Lipinski definition) is 5. The van der Waals surface area contributed by atoms with Crippen molar-refractivity contribution >= 4 is 17.7 Å². The third kappa shape index (κ3) is 3.12. The van der Waals surface area contributed by atoms with E-state index in [9.17, 15) is 19.5 Å². The van der Waals surface area contributed by atoms with Gasteiger partial charge in [-0.25, -0.2) is 4.79 Å². The Morgan fingerprint density at radius 3 is 2.67 bits per heavy atom. The van der Waals surface area contributed by atoms with Gasteiger partial charge in [0.1, 0.15) is 24.5 Å². The van der Waals surface area contributed by atoms with Crippen LogP contribution in [0.2, 0.25) is 0 Å². The molecule has 2 aliphatic rings. The molecule has 1 aromatic carbocycles. The van der Waals surface area contributed by atoms with Crippen LogP contribution in [-0.2, 0) is 4.79 Å². The third-order valence-corrected chi connectivity index (χ3v) is 4.38. The Morgan fingerprint density at radius 2 is 2.04 bits per heavy atom. The number of amides is 3. The molecule has 0 spiro atoms. The molecule has 0 bridgehead atoms. The minimum atomic E-state index is -0.967. The second-order valence-corrected chi connectivity index (χ2v) is 6.13. The molecule has 2 saturated heterocycles. The molecular weight excluding hydrogens is 312 g/mol. The number of Topliss-reactive ketones (excluding diaryl/α,β-unsaturated/α-hetero) is 1. The first-order valence-corrected chi connectivity index (χ1v) is 8.01. The van der Waals surface area contributed by atoms with Crippen LogP contribution >= 0.6 is 0 Å². The molecular formula is C17H20N2O5. The standard InChI is InChI=1S/C17H20N2O5/c1-11(20)12-4-6-14(7-5-12)24-10-13(21)9-19-16(22)15-3-2-8-18(15)17(19)23/h4-7,13,15,21H,2-3,8-10H2,1H3/t13-,15+/m0/s1. The molecule has 3 amide bonds. The predicted octanol–water partition coefficient (Wildman–Crippen LogP) is 1.06. The number of benzene rings is 1. The second kappa shape index (κ2) is 6.60. The van der Waals surface area contributed by atoms with Crippen LogP contribution in [0, 0.1) is 0 Å². The summed E-state index contributed by atoms with van der Waals surface area (Å²) in [5.41, 5.74) is 0.580. The second-order valence-electron chi connectivity index (χ2n) is 6.13. The number of fused-ring (bicyclic) bond motifs is 1. The van der Waals surface area contributed by atoms with Crippen molar-refractivity contribution in [3.05, 3.63) is 29.8 Å². The van der Waals surface area contributed by atoms with Gasteiger partial charge in [-0.3, -0.25) is 14.5 Å². The zero-order chi connectivity index (χ0) is 17.3. The third-order valence-electron chi connectivity index (χ3n) is 4.38. The SMILES string of the molecule is CC(=O)c1ccc(OC[C@@H](O)CN2C(=O)[C@H]3CCCN3C2=O)cc1. The first-order valence-electron chi connectivity index (χ1n) is 8.01. The molecule has 0 saturated carbocycles. The normalized spacial score (nSPS) is 21.2. The van der Waals surface area contributed by atoms with Crippen LogP contribution < -0.4 is 4.74 Å². The Hall–Kier alpha value is -2.41. The van der Waals surface area contributed by atoms with Crippen LogP contribution in [0.5, 0.6) is 5.75 Å². The smallest absolute Gasteiger partial charge is 0.327 e. The van der Waals surface area contributed by atoms with Crippen molar-refractivity contribution < 1.29 is 24.2 Å². The van der Waals surface area contributed by atoms with E-state index in [4.69, 9.17) is 4.74 Å². The fraction of sp³-hybridized carbons (Fsp3) is 0.471. The summed E-state index contributed by atoms with van der Waals surface area (Å²) < 4.78 is 5.45. The number of ether oxygens (including phenoxy) is 1. The number of aliphatic hydroxyl groups excluding tert-OH is 1. The maximum atomic E-state index is 12.2. The fourth-order valence-electron chi connectivity index (χ4n) is 3.09. The number of ketones is 1. The van der Waals surface area contributed by atoms with Crippen LogP contribution in [0.25, 0.3) is 0 Å². The number of β-amino-alcohol motifs (C(OH)–C–C–N with tert-alkyl or cyclic N) is 1. The quantitative estimate of drug-likeness (QED) is 0.622. The first kappa shape index (κ1) is 16.4. The molecule has 2 heterocycles. The molecule has 128 valence electrons.